The van der Waals surface area contributed by atoms with Crippen LogP contribution in [-0.2, 0) is 17.9 Å². The summed E-state index contributed by atoms with van der Waals surface area (Å²) in [6.45, 7) is 9.64. The first kappa shape index (κ1) is 32.1. The highest BCUT2D eigenvalue weighted by Crippen LogP contribution is 2.42. The number of carbonyl (C=O) groups is 2. The number of carboxylic acids is 1. The third-order valence-electron chi connectivity index (χ3n) is 8.71. The minimum absolute atomic E-state index is 0.204. The maximum Gasteiger partial charge on any atom is 0.490 e. The van der Waals surface area contributed by atoms with E-state index in [1.165, 1.54) is 29.5 Å². The third-order valence-corrected chi connectivity index (χ3v) is 8.71. The highest BCUT2D eigenvalue weighted by atomic mass is 19.4. The van der Waals surface area contributed by atoms with Gasteiger partial charge in [0.25, 0.3) is 5.91 Å². The van der Waals surface area contributed by atoms with E-state index in [1.807, 2.05) is 18.2 Å². The van der Waals surface area contributed by atoms with Crippen LogP contribution >= 0.6 is 0 Å². The van der Waals surface area contributed by atoms with E-state index in [0.29, 0.717) is 12.0 Å². The average Bonchev–Trinajstić information content (AvgIpc) is 3.00. The molecular formula is C34H39F3N2O4. The average molecular weight is 597 g/mol. The fourth-order valence-corrected chi connectivity index (χ4v) is 5.77. The number of piperidine rings is 2. The number of halogens is 3. The van der Waals surface area contributed by atoms with Gasteiger partial charge in [0.2, 0.25) is 0 Å². The molecule has 2 aliphatic heterocycles. The number of para-hydroxylation sites is 1. The van der Waals surface area contributed by atoms with Crippen LogP contribution in [0.2, 0.25) is 0 Å². The topological polar surface area (TPSA) is 70.1 Å². The molecule has 0 aromatic heterocycles. The second kappa shape index (κ2) is 14.1. The number of hydrogen-bond donors (Lipinski definition) is 1. The summed E-state index contributed by atoms with van der Waals surface area (Å²) in [6.07, 6.45) is -0.417. The van der Waals surface area contributed by atoms with Crippen molar-refractivity contribution < 1.29 is 32.6 Å². The van der Waals surface area contributed by atoms with Gasteiger partial charge >= 0.3 is 12.1 Å². The first-order chi connectivity index (χ1) is 20.5. The zero-order chi connectivity index (χ0) is 31.0. The number of ether oxygens (including phenoxy) is 1. The van der Waals surface area contributed by atoms with E-state index in [-0.39, 0.29) is 5.91 Å². The number of likely N-dealkylation sites (tertiary alicyclic amines) is 2. The number of amides is 1. The number of hydrogen-bond acceptors (Lipinski definition) is 4. The molecule has 1 N–H and O–H groups in total. The van der Waals surface area contributed by atoms with Crippen molar-refractivity contribution in [1.29, 1.82) is 0 Å². The number of carbonyl (C=O) groups excluding carboxylic acids is 1. The zero-order valence-corrected chi connectivity index (χ0v) is 24.7. The summed E-state index contributed by atoms with van der Waals surface area (Å²) in [5.74, 6) is -1.57. The largest absolute Gasteiger partial charge is 0.490 e. The molecule has 2 saturated heterocycles. The Kier molecular flexibility index (Phi) is 10.5. The van der Waals surface area contributed by atoms with Crippen molar-refractivity contribution in [3.63, 3.8) is 0 Å². The molecule has 6 nitrogen and oxygen atoms in total. The van der Waals surface area contributed by atoms with Crippen LogP contribution in [0.15, 0.2) is 72.8 Å². The van der Waals surface area contributed by atoms with Crippen molar-refractivity contribution >= 4 is 11.9 Å². The predicted molar refractivity (Wildman–Crippen MR) is 159 cm³/mol. The van der Waals surface area contributed by atoms with Gasteiger partial charge in [0.15, 0.2) is 0 Å². The first-order valence-electron chi connectivity index (χ1n) is 14.6. The maximum absolute atomic E-state index is 13.2. The molecule has 2 heterocycles. The SMILES string of the molecule is Cc1cccc(C(=O)N2CCC3(CCN(Cc4ccccc4OCc4ccccc4)CC3)CC2)c1C.O=C(O)C(F)(F)F. The molecule has 2 fully saturated rings. The van der Waals surface area contributed by atoms with E-state index >= 15 is 0 Å². The van der Waals surface area contributed by atoms with E-state index in [4.69, 9.17) is 14.6 Å². The Labute approximate surface area is 251 Å². The number of carboxylic acid groups (broad SMARTS) is 1. The highest BCUT2D eigenvalue weighted by molar-refractivity contribution is 5.96. The first-order valence-corrected chi connectivity index (χ1v) is 14.6. The fourth-order valence-electron chi connectivity index (χ4n) is 5.77. The van der Waals surface area contributed by atoms with Gasteiger partial charge in [-0.25, -0.2) is 4.79 Å². The lowest BCUT2D eigenvalue weighted by molar-refractivity contribution is -0.192. The van der Waals surface area contributed by atoms with Gasteiger partial charge in [-0.15, -0.1) is 0 Å². The number of rotatable bonds is 6. The van der Waals surface area contributed by atoms with Gasteiger partial charge in [-0.05, 0) is 86.9 Å². The summed E-state index contributed by atoms with van der Waals surface area (Å²) < 4.78 is 37.9. The van der Waals surface area contributed by atoms with Crippen LogP contribution in [0.1, 0.15) is 58.3 Å². The third kappa shape index (κ3) is 8.60. The molecule has 1 amide bonds. The highest BCUT2D eigenvalue weighted by Gasteiger charge is 2.39. The smallest absolute Gasteiger partial charge is 0.489 e. The van der Waals surface area contributed by atoms with Crippen molar-refractivity contribution in [3.05, 3.63) is 101 Å². The summed E-state index contributed by atoms with van der Waals surface area (Å²) in [5, 5.41) is 7.12. The maximum atomic E-state index is 13.2. The lowest BCUT2D eigenvalue weighted by Gasteiger charge is -2.47. The van der Waals surface area contributed by atoms with E-state index in [2.05, 4.69) is 78.2 Å². The van der Waals surface area contributed by atoms with Crippen LogP contribution in [0.5, 0.6) is 5.75 Å². The van der Waals surface area contributed by atoms with Crippen LogP contribution in [-0.4, -0.2) is 59.1 Å². The fraction of sp³-hybridized carbons (Fsp3) is 0.412. The molecule has 0 aliphatic carbocycles. The zero-order valence-electron chi connectivity index (χ0n) is 24.7. The molecule has 1 spiro atoms. The van der Waals surface area contributed by atoms with E-state index < -0.39 is 12.1 Å². The van der Waals surface area contributed by atoms with Crippen LogP contribution < -0.4 is 4.74 Å². The Bertz CT molecular complexity index is 1380. The molecule has 2 aliphatic rings. The van der Waals surface area contributed by atoms with Crippen molar-refractivity contribution in [2.75, 3.05) is 26.2 Å². The number of alkyl halides is 3. The van der Waals surface area contributed by atoms with Crippen LogP contribution in [0, 0.1) is 19.3 Å². The van der Waals surface area contributed by atoms with Crippen molar-refractivity contribution in [1.82, 2.24) is 9.80 Å². The van der Waals surface area contributed by atoms with Gasteiger partial charge in [-0.3, -0.25) is 9.69 Å². The molecule has 43 heavy (non-hydrogen) atoms. The molecule has 3 aromatic rings. The monoisotopic (exact) mass is 596 g/mol. The van der Waals surface area contributed by atoms with Gasteiger partial charge in [-0.2, -0.15) is 13.2 Å². The Balaban J connectivity index is 0.000000541. The van der Waals surface area contributed by atoms with Gasteiger partial charge in [0.05, 0.1) is 0 Å². The Morgan fingerprint density at radius 1 is 0.837 bits per heavy atom. The number of benzene rings is 3. The van der Waals surface area contributed by atoms with E-state index in [9.17, 15) is 18.0 Å². The lowest BCUT2D eigenvalue weighted by atomic mass is 9.71. The minimum atomic E-state index is -5.08. The number of aliphatic carboxylic acids is 1. The summed E-state index contributed by atoms with van der Waals surface area (Å²) >= 11 is 0. The van der Waals surface area contributed by atoms with E-state index in [0.717, 1.165) is 62.4 Å². The number of nitrogens with zero attached hydrogens (tertiary/aromatic N) is 2. The van der Waals surface area contributed by atoms with Gasteiger partial charge in [-0.1, -0.05) is 60.7 Å². The molecule has 0 radical (unpaired) electrons. The Morgan fingerprint density at radius 2 is 1.42 bits per heavy atom. The van der Waals surface area contributed by atoms with Crippen LogP contribution in [0.4, 0.5) is 13.2 Å². The molecule has 0 unspecified atom stereocenters. The molecular weight excluding hydrogens is 557 g/mol. The summed E-state index contributed by atoms with van der Waals surface area (Å²) in [4.78, 5) is 26.7. The lowest BCUT2D eigenvalue weighted by Crippen LogP contribution is -2.48. The van der Waals surface area contributed by atoms with Gasteiger partial charge in [0, 0.05) is 30.8 Å². The van der Waals surface area contributed by atoms with E-state index in [1.54, 1.807) is 0 Å². The second-order valence-electron chi connectivity index (χ2n) is 11.5. The Morgan fingerprint density at radius 3 is 2.05 bits per heavy atom. The molecule has 9 heteroatoms. The Hall–Kier alpha value is -3.85. The summed E-state index contributed by atoms with van der Waals surface area (Å²) in [7, 11) is 0. The molecule has 0 bridgehead atoms. The molecule has 3 aromatic carbocycles. The number of aryl methyl sites for hydroxylation is 1. The predicted octanol–water partition coefficient (Wildman–Crippen LogP) is 7.03. The quantitative estimate of drug-likeness (QED) is 0.331. The molecule has 230 valence electrons. The molecule has 0 atom stereocenters. The minimum Gasteiger partial charge on any atom is -0.489 e. The standard InChI is InChI=1S/C32H38N2O2.C2HF3O2/c1-25-9-8-13-29(26(25)2)31(35)34-21-17-32(18-22-34)15-19-33(20-16-32)23-28-12-6-7-14-30(28)36-24-27-10-4-3-5-11-27;3-2(4,5)1(6)7/h3-14H,15-24H2,1-2H3;(H,6,7). The molecule has 0 saturated carbocycles. The van der Waals surface area contributed by atoms with Crippen molar-refractivity contribution in [2.24, 2.45) is 5.41 Å². The van der Waals surface area contributed by atoms with Crippen molar-refractivity contribution in [2.45, 2.75) is 58.9 Å². The second-order valence-corrected chi connectivity index (χ2v) is 11.5. The summed E-state index contributed by atoms with van der Waals surface area (Å²) in [6, 6.07) is 24.9. The van der Waals surface area contributed by atoms with Crippen molar-refractivity contribution in [3.8, 4) is 5.75 Å². The normalized spacial score (nSPS) is 16.7. The van der Waals surface area contributed by atoms with Gasteiger partial charge < -0.3 is 14.7 Å². The molecule has 5 rings (SSSR count). The summed E-state index contributed by atoms with van der Waals surface area (Å²) in [5.41, 5.74) is 6.01. The van der Waals surface area contributed by atoms with Crippen LogP contribution in [0.3, 0.4) is 0 Å². The van der Waals surface area contributed by atoms with Gasteiger partial charge in [0.1, 0.15) is 12.4 Å². The van der Waals surface area contributed by atoms with Crippen LogP contribution in [0.25, 0.3) is 0 Å².